The fraction of sp³-hybridized carbons (Fsp3) is 0.292. The van der Waals surface area contributed by atoms with Crippen LogP contribution in [0, 0.1) is 0 Å². The van der Waals surface area contributed by atoms with Crippen LogP contribution in [0.3, 0.4) is 0 Å². The lowest BCUT2D eigenvalue weighted by Crippen LogP contribution is -2.33. The van der Waals surface area contributed by atoms with Crippen molar-refractivity contribution in [2.24, 2.45) is 0 Å². The highest BCUT2D eigenvalue weighted by Crippen LogP contribution is 2.42. The Kier molecular flexibility index (Phi) is 7.06. The molecule has 2 heterocycles. The molecule has 178 valence electrons. The van der Waals surface area contributed by atoms with E-state index in [1.165, 1.54) is 0 Å². The fourth-order valence-electron chi connectivity index (χ4n) is 3.89. The zero-order valence-corrected chi connectivity index (χ0v) is 20.9. The van der Waals surface area contributed by atoms with Gasteiger partial charge in [-0.2, -0.15) is 4.98 Å². The highest BCUT2D eigenvalue weighted by atomic mass is 79.9. The van der Waals surface area contributed by atoms with Crippen LogP contribution >= 0.6 is 15.9 Å². The second kappa shape index (κ2) is 10.2. The number of rotatable bonds is 7. The minimum atomic E-state index is -0.0292. The first-order chi connectivity index (χ1) is 16.4. The van der Waals surface area contributed by atoms with Crippen LogP contribution in [0.4, 0.5) is 17.2 Å². The first-order valence-electron chi connectivity index (χ1n) is 10.6. The summed E-state index contributed by atoms with van der Waals surface area (Å²) in [6.45, 7) is 2.21. The van der Waals surface area contributed by atoms with E-state index in [1.807, 2.05) is 18.2 Å². The number of hydrogen-bond acceptors (Lipinski definition) is 8. The van der Waals surface area contributed by atoms with E-state index in [9.17, 15) is 4.79 Å². The molecule has 3 aromatic rings. The lowest BCUT2D eigenvalue weighted by molar-refractivity contribution is -0.116. The van der Waals surface area contributed by atoms with Gasteiger partial charge >= 0.3 is 6.01 Å². The van der Waals surface area contributed by atoms with Crippen LogP contribution in [-0.4, -0.2) is 43.7 Å². The molecule has 0 radical (unpaired) electrons. The second-order valence-corrected chi connectivity index (χ2v) is 8.38. The van der Waals surface area contributed by atoms with E-state index in [0.717, 1.165) is 24.1 Å². The molecule has 1 aliphatic heterocycles. The molecule has 0 saturated carbocycles. The maximum absolute atomic E-state index is 12.2. The van der Waals surface area contributed by atoms with Gasteiger partial charge in [0, 0.05) is 31.3 Å². The van der Waals surface area contributed by atoms with Gasteiger partial charge in [-0.25, -0.2) is 4.98 Å². The summed E-state index contributed by atoms with van der Waals surface area (Å²) < 4.78 is 22.9. The molecule has 1 aromatic heterocycles. The van der Waals surface area contributed by atoms with Crippen LogP contribution < -0.4 is 29.2 Å². The van der Waals surface area contributed by atoms with E-state index in [1.54, 1.807) is 51.5 Å². The molecule has 0 atom stereocenters. The summed E-state index contributed by atoms with van der Waals surface area (Å²) in [7, 11) is 4.66. The quantitative estimate of drug-likeness (QED) is 0.452. The Morgan fingerprint density at radius 2 is 1.82 bits per heavy atom. The minimum absolute atomic E-state index is 0.0292. The minimum Gasteiger partial charge on any atom is -0.493 e. The van der Waals surface area contributed by atoms with Crippen molar-refractivity contribution in [3.63, 3.8) is 0 Å². The molecule has 1 amide bonds. The number of benzene rings is 2. The third kappa shape index (κ3) is 4.72. The van der Waals surface area contributed by atoms with E-state index < -0.39 is 0 Å². The van der Waals surface area contributed by atoms with Gasteiger partial charge in [-0.15, -0.1) is 0 Å². The third-order valence-electron chi connectivity index (χ3n) is 5.41. The number of methoxy groups -OCH3 is 3. The van der Waals surface area contributed by atoms with Gasteiger partial charge in [0.25, 0.3) is 0 Å². The smallest absolute Gasteiger partial charge is 0.324 e. The van der Waals surface area contributed by atoms with Gasteiger partial charge in [0.2, 0.25) is 11.7 Å². The monoisotopic (exact) mass is 528 g/mol. The number of para-hydroxylation sites is 1. The average molecular weight is 529 g/mol. The molecule has 1 N–H and O–H groups in total. The Hall–Kier alpha value is -3.53. The topological polar surface area (TPSA) is 95.0 Å². The summed E-state index contributed by atoms with van der Waals surface area (Å²) in [6.07, 6.45) is 3.39. The van der Waals surface area contributed by atoms with E-state index in [2.05, 4.69) is 31.2 Å². The molecule has 0 unspecified atom stereocenters. The molecule has 4 rings (SSSR count). The summed E-state index contributed by atoms with van der Waals surface area (Å²) in [4.78, 5) is 22.8. The summed E-state index contributed by atoms with van der Waals surface area (Å²) in [6, 6.07) is 9.42. The molecule has 0 fully saturated rings. The van der Waals surface area contributed by atoms with Crippen molar-refractivity contribution in [3.05, 3.63) is 46.6 Å². The van der Waals surface area contributed by atoms with Crippen LogP contribution in [0.15, 0.2) is 41.0 Å². The van der Waals surface area contributed by atoms with Gasteiger partial charge in [-0.1, -0.05) is 12.1 Å². The zero-order valence-electron chi connectivity index (χ0n) is 19.3. The lowest BCUT2D eigenvalue weighted by Gasteiger charge is -2.30. The highest BCUT2D eigenvalue weighted by molar-refractivity contribution is 9.10. The number of aryl methyl sites for hydroxylation is 1. The molecular weight excluding hydrogens is 504 g/mol. The average Bonchev–Trinajstić information content (AvgIpc) is 2.85. The van der Waals surface area contributed by atoms with Crippen LogP contribution in [0.2, 0.25) is 0 Å². The molecule has 1 aliphatic rings. The molecule has 9 nitrogen and oxygen atoms in total. The first-order valence-corrected chi connectivity index (χ1v) is 11.4. The predicted octanol–water partition coefficient (Wildman–Crippen LogP) is 5.10. The standard InChI is InChI=1S/C24H25BrN4O5/c1-14(30)29-10-6-8-15-7-5-9-18(21(15)29)34-24-26-13-17(25)23(28-24)27-16-11-19(31-2)22(33-4)20(12-16)32-3/h5,7,9,11-13H,6,8,10H2,1-4H3,(H,26,27,28). The number of carbonyl (C=O) groups is 1. The SMILES string of the molecule is COc1cc(Nc2nc(Oc3cccc4c3N(C(C)=O)CCC4)ncc2Br)cc(OC)c1OC. The Balaban J connectivity index is 1.66. The summed E-state index contributed by atoms with van der Waals surface area (Å²) in [5.74, 6) is 2.49. The molecule has 2 aromatic carbocycles. The van der Waals surface area contributed by atoms with Crippen molar-refractivity contribution in [1.82, 2.24) is 9.97 Å². The molecule has 10 heteroatoms. The van der Waals surface area contributed by atoms with Crippen LogP contribution in [0.25, 0.3) is 0 Å². The number of ether oxygens (including phenoxy) is 4. The van der Waals surface area contributed by atoms with Crippen molar-refractivity contribution in [3.8, 4) is 29.0 Å². The zero-order chi connectivity index (χ0) is 24.2. The molecule has 0 saturated heterocycles. The van der Waals surface area contributed by atoms with E-state index >= 15 is 0 Å². The van der Waals surface area contributed by atoms with Crippen molar-refractivity contribution in [1.29, 1.82) is 0 Å². The fourth-order valence-corrected chi connectivity index (χ4v) is 4.18. The van der Waals surface area contributed by atoms with Crippen LogP contribution in [-0.2, 0) is 11.2 Å². The Labute approximate surface area is 206 Å². The number of nitrogens with zero attached hydrogens (tertiary/aromatic N) is 3. The van der Waals surface area contributed by atoms with Gasteiger partial charge in [0.05, 0.1) is 37.7 Å². The number of nitrogens with one attached hydrogen (secondary N) is 1. The number of fused-ring (bicyclic) bond motifs is 1. The van der Waals surface area contributed by atoms with Crippen molar-refractivity contribution < 1.29 is 23.7 Å². The van der Waals surface area contributed by atoms with Crippen LogP contribution in [0.1, 0.15) is 18.9 Å². The Morgan fingerprint density at radius 3 is 2.47 bits per heavy atom. The maximum atomic E-state index is 12.2. The normalized spacial score (nSPS) is 12.6. The number of anilines is 3. The molecule has 0 bridgehead atoms. The van der Waals surface area contributed by atoms with E-state index in [4.69, 9.17) is 18.9 Å². The lowest BCUT2D eigenvalue weighted by atomic mass is 10.0. The molecule has 34 heavy (non-hydrogen) atoms. The second-order valence-electron chi connectivity index (χ2n) is 7.53. The number of halogens is 1. The number of hydrogen-bond donors (Lipinski definition) is 1. The Morgan fingerprint density at radius 1 is 1.09 bits per heavy atom. The molecular formula is C24H25BrN4O5. The first kappa shape index (κ1) is 23.6. The van der Waals surface area contributed by atoms with Gasteiger partial charge in [0.15, 0.2) is 23.1 Å². The van der Waals surface area contributed by atoms with E-state index in [-0.39, 0.29) is 11.9 Å². The summed E-state index contributed by atoms with van der Waals surface area (Å²) >= 11 is 3.48. The predicted molar refractivity (Wildman–Crippen MR) is 132 cm³/mol. The maximum Gasteiger partial charge on any atom is 0.324 e. The Bertz CT molecular complexity index is 1190. The third-order valence-corrected chi connectivity index (χ3v) is 5.99. The van der Waals surface area contributed by atoms with Gasteiger partial charge < -0.3 is 29.2 Å². The molecule has 0 aliphatic carbocycles. The highest BCUT2D eigenvalue weighted by Gasteiger charge is 2.25. The summed E-state index contributed by atoms with van der Waals surface area (Å²) in [5.41, 5.74) is 2.50. The van der Waals surface area contributed by atoms with Crippen LogP contribution in [0.5, 0.6) is 29.0 Å². The van der Waals surface area contributed by atoms with Crippen molar-refractivity contribution in [2.75, 3.05) is 38.1 Å². The van der Waals surface area contributed by atoms with Crippen molar-refractivity contribution in [2.45, 2.75) is 19.8 Å². The summed E-state index contributed by atoms with van der Waals surface area (Å²) in [5, 5.41) is 3.23. The van der Waals surface area contributed by atoms with E-state index in [0.29, 0.717) is 45.5 Å². The molecule has 0 spiro atoms. The van der Waals surface area contributed by atoms with Crippen molar-refractivity contribution >= 4 is 39.0 Å². The van der Waals surface area contributed by atoms with Gasteiger partial charge in [-0.3, -0.25) is 4.79 Å². The number of aromatic nitrogens is 2. The number of carbonyl (C=O) groups excluding carboxylic acids is 1. The van der Waals surface area contributed by atoms with Gasteiger partial charge in [0.1, 0.15) is 0 Å². The number of amides is 1. The van der Waals surface area contributed by atoms with Gasteiger partial charge in [-0.05, 0) is 40.4 Å². The largest absolute Gasteiger partial charge is 0.493 e.